The van der Waals surface area contributed by atoms with Gasteiger partial charge in [-0.3, -0.25) is 0 Å². The number of nitrogen functional groups attached to an aromatic ring is 1. The Balaban J connectivity index is 1.96. The van der Waals surface area contributed by atoms with Gasteiger partial charge in [-0.25, -0.2) is 0 Å². The van der Waals surface area contributed by atoms with Crippen molar-refractivity contribution in [2.24, 2.45) is 0 Å². The number of hydrogen-bond acceptors (Lipinski definition) is 8. The van der Waals surface area contributed by atoms with Gasteiger partial charge in [0.25, 0.3) is 0 Å². The van der Waals surface area contributed by atoms with Crippen LogP contribution >= 0.6 is 11.3 Å². The smallest absolute Gasteiger partial charge is 0.111 e. The number of anilines is 2. The summed E-state index contributed by atoms with van der Waals surface area (Å²) >= 11 is 1.60. The summed E-state index contributed by atoms with van der Waals surface area (Å²) in [5, 5.41) is 50.7. The second kappa shape index (κ2) is 8.20. The maximum absolute atomic E-state index is 10.3. The van der Waals surface area contributed by atoms with Crippen LogP contribution in [0.15, 0.2) is 30.3 Å². The van der Waals surface area contributed by atoms with Gasteiger partial charge in [-0.05, 0) is 24.6 Å². The van der Waals surface area contributed by atoms with E-state index in [1.54, 1.807) is 23.3 Å². The second-order valence-corrected chi connectivity index (χ2v) is 8.16. The lowest BCUT2D eigenvalue weighted by molar-refractivity contribution is -0.112. The summed E-state index contributed by atoms with van der Waals surface area (Å²) in [5.74, 6) is 0. The minimum atomic E-state index is -1.65. The third-order valence-electron chi connectivity index (χ3n) is 5.07. The minimum absolute atomic E-state index is 0.0169. The van der Waals surface area contributed by atoms with E-state index in [1.165, 1.54) is 0 Å². The van der Waals surface area contributed by atoms with Crippen LogP contribution in [-0.4, -0.2) is 70.1 Å². The quantitative estimate of drug-likeness (QED) is 0.320. The van der Waals surface area contributed by atoms with Crippen LogP contribution in [0.5, 0.6) is 0 Å². The van der Waals surface area contributed by atoms with Crippen LogP contribution in [-0.2, 0) is 0 Å². The number of aryl methyl sites for hydroxylation is 1. The van der Waals surface area contributed by atoms with Crippen molar-refractivity contribution in [3.63, 3.8) is 0 Å². The number of aliphatic hydroxyl groups excluding tert-OH is 5. The molecule has 4 unspecified atom stereocenters. The molecule has 7 N–H and O–H groups in total. The maximum Gasteiger partial charge on any atom is 0.111 e. The van der Waals surface area contributed by atoms with Gasteiger partial charge in [0.15, 0.2) is 0 Å². The topological polar surface area (TPSA) is 130 Å². The molecule has 28 heavy (non-hydrogen) atoms. The zero-order valence-corrected chi connectivity index (χ0v) is 16.6. The standard InChI is InChI=1S/C20H26N2O5S/c1-10-7-12(22(2)8-13(24)18(26)19(27)14(25)9-23)20-16(17(10)21)11-5-3-4-6-15(11)28-20/h3-7,13-14,18-19,23-27H,8-9,21H2,1-2H3. The lowest BCUT2D eigenvalue weighted by Crippen LogP contribution is -2.49. The molecule has 0 aliphatic heterocycles. The number of fused-ring (bicyclic) bond motifs is 3. The van der Waals surface area contributed by atoms with E-state index in [9.17, 15) is 20.4 Å². The molecule has 0 aliphatic carbocycles. The Hall–Kier alpha value is -1.94. The van der Waals surface area contributed by atoms with E-state index in [1.807, 2.05) is 37.3 Å². The first kappa shape index (κ1) is 20.8. The summed E-state index contributed by atoms with van der Waals surface area (Å²) in [6, 6.07) is 9.93. The summed E-state index contributed by atoms with van der Waals surface area (Å²) in [6.07, 6.45) is -6.10. The van der Waals surface area contributed by atoms with E-state index in [2.05, 4.69) is 0 Å². The highest BCUT2D eigenvalue weighted by Gasteiger charge is 2.31. The Kier molecular flexibility index (Phi) is 6.09. The Morgan fingerprint density at radius 3 is 2.39 bits per heavy atom. The average molecular weight is 407 g/mol. The molecular formula is C20H26N2O5S. The van der Waals surface area contributed by atoms with Crippen molar-refractivity contribution in [2.45, 2.75) is 31.3 Å². The molecule has 4 atom stereocenters. The van der Waals surface area contributed by atoms with Crippen LogP contribution in [0.3, 0.4) is 0 Å². The fourth-order valence-corrected chi connectivity index (χ4v) is 4.66. The lowest BCUT2D eigenvalue weighted by atomic mass is 10.0. The number of aliphatic hydroxyl groups is 5. The van der Waals surface area contributed by atoms with Gasteiger partial charge in [-0.1, -0.05) is 18.2 Å². The van der Waals surface area contributed by atoms with Gasteiger partial charge in [0.2, 0.25) is 0 Å². The molecule has 0 aliphatic rings. The van der Waals surface area contributed by atoms with Crippen molar-refractivity contribution in [2.75, 3.05) is 30.8 Å². The molecule has 8 heteroatoms. The monoisotopic (exact) mass is 406 g/mol. The first-order chi connectivity index (χ1) is 13.3. The zero-order valence-electron chi connectivity index (χ0n) is 15.8. The Labute approximate surface area is 166 Å². The van der Waals surface area contributed by atoms with Crippen molar-refractivity contribution >= 4 is 42.9 Å². The summed E-state index contributed by atoms with van der Waals surface area (Å²) in [4.78, 5) is 1.79. The molecule has 0 fully saturated rings. The molecule has 0 amide bonds. The Morgan fingerprint density at radius 2 is 1.71 bits per heavy atom. The molecule has 1 aromatic heterocycles. The molecule has 152 valence electrons. The number of likely N-dealkylation sites (N-methyl/N-ethyl adjacent to an activating group) is 1. The summed E-state index contributed by atoms with van der Waals surface area (Å²) in [6.45, 7) is 1.23. The number of thiophene rings is 1. The van der Waals surface area contributed by atoms with Gasteiger partial charge in [0, 0.05) is 34.8 Å². The van der Waals surface area contributed by atoms with Crippen LogP contribution in [0.1, 0.15) is 5.56 Å². The normalized spacial score (nSPS) is 16.2. The first-order valence-corrected chi connectivity index (χ1v) is 9.82. The fourth-order valence-electron chi connectivity index (χ4n) is 3.37. The number of benzene rings is 2. The number of nitrogens with zero attached hydrogens (tertiary/aromatic N) is 1. The Morgan fingerprint density at radius 1 is 1.07 bits per heavy atom. The highest BCUT2D eigenvalue weighted by Crippen LogP contribution is 2.43. The maximum atomic E-state index is 10.3. The molecule has 1 heterocycles. The highest BCUT2D eigenvalue weighted by molar-refractivity contribution is 7.26. The average Bonchev–Trinajstić information content (AvgIpc) is 3.08. The van der Waals surface area contributed by atoms with Crippen LogP contribution in [0, 0.1) is 6.92 Å². The van der Waals surface area contributed by atoms with E-state index in [0.717, 1.165) is 31.4 Å². The summed E-state index contributed by atoms with van der Waals surface area (Å²) in [7, 11) is 1.78. The second-order valence-electron chi connectivity index (χ2n) is 7.11. The summed E-state index contributed by atoms with van der Waals surface area (Å²) < 4.78 is 2.08. The van der Waals surface area contributed by atoms with Gasteiger partial charge in [-0.2, -0.15) is 0 Å². The van der Waals surface area contributed by atoms with E-state index < -0.39 is 31.0 Å². The molecule has 3 aromatic rings. The lowest BCUT2D eigenvalue weighted by Gasteiger charge is -2.30. The third-order valence-corrected chi connectivity index (χ3v) is 6.27. The van der Waals surface area contributed by atoms with Crippen molar-refractivity contribution < 1.29 is 25.5 Å². The molecule has 0 saturated carbocycles. The molecule has 2 aromatic carbocycles. The van der Waals surface area contributed by atoms with E-state index >= 15 is 0 Å². The minimum Gasteiger partial charge on any atom is -0.398 e. The predicted octanol–water partition coefficient (Wildman–Crippen LogP) is 0.817. The van der Waals surface area contributed by atoms with Crippen LogP contribution < -0.4 is 10.6 Å². The molecule has 7 nitrogen and oxygen atoms in total. The molecule has 0 spiro atoms. The molecule has 0 radical (unpaired) electrons. The van der Waals surface area contributed by atoms with Gasteiger partial charge in [0.1, 0.15) is 18.3 Å². The van der Waals surface area contributed by atoms with E-state index in [-0.39, 0.29) is 6.54 Å². The fraction of sp³-hybridized carbons (Fsp3) is 0.400. The van der Waals surface area contributed by atoms with Gasteiger partial charge >= 0.3 is 0 Å². The highest BCUT2D eigenvalue weighted by atomic mass is 32.1. The number of hydrogen-bond donors (Lipinski definition) is 6. The molecule has 0 bridgehead atoms. The Bertz CT molecular complexity index is 976. The van der Waals surface area contributed by atoms with Crippen molar-refractivity contribution in [1.29, 1.82) is 0 Å². The molecule has 3 rings (SSSR count). The molecule has 0 saturated heterocycles. The zero-order chi connectivity index (χ0) is 20.6. The van der Waals surface area contributed by atoms with Gasteiger partial charge in [0.05, 0.1) is 23.1 Å². The SMILES string of the molecule is Cc1cc(N(C)CC(O)C(O)C(O)C(O)CO)c2sc3ccccc3c2c1N. The van der Waals surface area contributed by atoms with E-state index in [4.69, 9.17) is 10.8 Å². The van der Waals surface area contributed by atoms with Gasteiger partial charge in [-0.15, -0.1) is 11.3 Å². The first-order valence-electron chi connectivity index (χ1n) is 9.00. The predicted molar refractivity (Wildman–Crippen MR) is 113 cm³/mol. The largest absolute Gasteiger partial charge is 0.398 e. The van der Waals surface area contributed by atoms with Crippen LogP contribution in [0.25, 0.3) is 20.2 Å². The van der Waals surface area contributed by atoms with Crippen LogP contribution in [0.2, 0.25) is 0 Å². The summed E-state index contributed by atoms with van der Waals surface area (Å²) in [5.41, 5.74) is 8.82. The number of nitrogens with two attached hydrogens (primary N) is 1. The molecular weight excluding hydrogens is 380 g/mol. The van der Waals surface area contributed by atoms with E-state index in [0.29, 0.717) is 5.69 Å². The van der Waals surface area contributed by atoms with Gasteiger partial charge < -0.3 is 36.2 Å². The van der Waals surface area contributed by atoms with Crippen LogP contribution in [0.4, 0.5) is 11.4 Å². The van der Waals surface area contributed by atoms with Crippen molar-refractivity contribution in [1.82, 2.24) is 0 Å². The van der Waals surface area contributed by atoms with Crippen molar-refractivity contribution in [3.8, 4) is 0 Å². The van der Waals surface area contributed by atoms with Crippen molar-refractivity contribution in [3.05, 3.63) is 35.9 Å². The third kappa shape index (κ3) is 3.67. The number of rotatable bonds is 7.